The highest BCUT2D eigenvalue weighted by molar-refractivity contribution is 6.30. The van der Waals surface area contributed by atoms with Crippen LogP contribution in [0.3, 0.4) is 0 Å². The molecule has 0 atom stereocenters. The molecule has 0 aliphatic rings. The summed E-state index contributed by atoms with van der Waals surface area (Å²) in [5.74, 6) is 0.465. The number of methoxy groups -OCH3 is 1. The first-order valence-electron chi connectivity index (χ1n) is 7.87. The van der Waals surface area contributed by atoms with Crippen LogP contribution in [0.1, 0.15) is 16.2 Å². The minimum Gasteiger partial charge on any atom is -0.383 e. The molecule has 0 saturated heterocycles. The van der Waals surface area contributed by atoms with Gasteiger partial charge in [-0.25, -0.2) is 4.98 Å². The molecule has 0 aliphatic carbocycles. The summed E-state index contributed by atoms with van der Waals surface area (Å²) in [6.45, 7) is 2.85. The molecule has 1 amide bonds. The molecule has 1 aromatic carbocycles. The van der Waals surface area contributed by atoms with Gasteiger partial charge in [-0.15, -0.1) is 12.4 Å². The summed E-state index contributed by atoms with van der Waals surface area (Å²) < 4.78 is 6.84. The Hall–Kier alpha value is -2.28. The highest BCUT2D eigenvalue weighted by atomic mass is 35.5. The summed E-state index contributed by atoms with van der Waals surface area (Å²) in [5, 5.41) is 6.71. The monoisotopic (exact) mass is 394 g/mol. The number of aryl methyl sites for hydroxylation is 1. The minimum absolute atomic E-state index is 0. The number of carbonyl (C=O) groups is 1. The summed E-state index contributed by atoms with van der Waals surface area (Å²) in [5.41, 5.74) is 3.07. The van der Waals surface area contributed by atoms with Crippen LogP contribution in [0.2, 0.25) is 5.02 Å². The smallest absolute Gasteiger partial charge is 0.269 e. The molecule has 0 aliphatic heterocycles. The van der Waals surface area contributed by atoms with Gasteiger partial charge in [0.2, 0.25) is 0 Å². The third-order valence-corrected chi connectivity index (χ3v) is 4.02. The SMILES string of the molecule is COCCNC(=O)c1cnc(Nc2cccc(Cl)c2)c2ccc(C)n12.Cl. The van der Waals surface area contributed by atoms with E-state index in [1.807, 2.05) is 47.7 Å². The first-order valence-corrected chi connectivity index (χ1v) is 8.24. The zero-order valence-corrected chi connectivity index (χ0v) is 16.0. The molecule has 0 saturated carbocycles. The Morgan fingerprint density at radius 1 is 1.31 bits per heavy atom. The molecule has 0 bridgehead atoms. The maximum absolute atomic E-state index is 12.4. The highest BCUT2D eigenvalue weighted by Gasteiger charge is 2.15. The Morgan fingerprint density at radius 3 is 2.85 bits per heavy atom. The zero-order valence-electron chi connectivity index (χ0n) is 14.5. The second-order valence-electron chi connectivity index (χ2n) is 5.57. The Balaban J connectivity index is 0.00000243. The van der Waals surface area contributed by atoms with E-state index in [9.17, 15) is 4.79 Å². The van der Waals surface area contributed by atoms with Crippen LogP contribution >= 0.6 is 24.0 Å². The van der Waals surface area contributed by atoms with Gasteiger partial charge in [0.1, 0.15) is 5.69 Å². The number of halogens is 2. The Bertz CT molecular complexity index is 911. The number of anilines is 2. The van der Waals surface area contributed by atoms with E-state index in [1.54, 1.807) is 13.3 Å². The van der Waals surface area contributed by atoms with E-state index in [2.05, 4.69) is 15.6 Å². The van der Waals surface area contributed by atoms with Gasteiger partial charge in [0, 0.05) is 30.1 Å². The predicted octanol–water partition coefficient (Wildman–Crippen LogP) is 3.84. The Kier molecular flexibility index (Phi) is 6.85. The first-order chi connectivity index (χ1) is 12.1. The van der Waals surface area contributed by atoms with Crippen LogP contribution in [-0.4, -0.2) is 35.6 Å². The van der Waals surface area contributed by atoms with Crippen molar-refractivity contribution in [2.75, 3.05) is 25.6 Å². The fourth-order valence-corrected chi connectivity index (χ4v) is 2.80. The normalized spacial score (nSPS) is 10.4. The van der Waals surface area contributed by atoms with Crippen molar-refractivity contribution in [2.45, 2.75) is 6.92 Å². The summed E-state index contributed by atoms with van der Waals surface area (Å²) in [6, 6.07) is 11.3. The number of hydrogen-bond acceptors (Lipinski definition) is 4. The number of benzene rings is 1. The lowest BCUT2D eigenvalue weighted by Crippen LogP contribution is -2.29. The third kappa shape index (κ3) is 4.27. The molecule has 2 N–H and O–H groups in total. The van der Waals surface area contributed by atoms with Crippen molar-refractivity contribution in [2.24, 2.45) is 0 Å². The number of carbonyl (C=O) groups excluding carboxylic acids is 1. The largest absolute Gasteiger partial charge is 0.383 e. The standard InChI is InChI=1S/C18H19ClN4O2.ClH/c1-12-6-7-15-17(22-14-5-3-4-13(19)10-14)21-11-16(23(12)15)18(24)20-8-9-25-2;/h3-7,10-11H,8-9H2,1-2H3,(H,20,24)(H,21,22);1H. The van der Waals surface area contributed by atoms with E-state index in [1.165, 1.54) is 0 Å². The molecule has 2 heterocycles. The summed E-state index contributed by atoms with van der Waals surface area (Å²) >= 11 is 6.03. The molecule has 2 aromatic heterocycles. The highest BCUT2D eigenvalue weighted by Crippen LogP contribution is 2.24. The average Bonchev–Trinajstić information content (AvgIpc) is 2.98. The number of nitrogens with zero attached hydrogens (tertiary/aromatic N) is 2. The molecule has 8 heteroatoms. The van der Waals surface area contributed by atoms with Crippen LogP contribution in [0.25, 0.3) is 5.52 Å². The Labute approximate surface area is 162 Å². The number of hydrogen-bond donors (Lipinski definition) is 2. The number of ether oxygens (including phenoxy) is 1. The number of fused-ring (bicyclic) bond motifs is 1. The number of aromatic nitrogens is 2. The van der Waals surface area contributed by atoms with Crippen LogP contribution < -0.4 is 10.6 Å². The molecule has 6 nitrogen and oxygen atoms in total. The second kappa shape index (κ2) is 8.89. The lowest BCUT2D eigenvalue weighted by Gasteiger charge is -2.13. The van der Waals surface area contributed by atoms with E-state index < -0.39 is 0 Å². The molecule has 0 spiro atoms. The van der Waals surface area contributed by atoms with Gasteiger partial charge in [-0.3, -0.25) is 4.79 Å². The van der Waals surface area contributed by atoms with Crippen molar-refractivity contribution < 1.29 is 9.53 Å². The second-order valence-corrected chi connectivity index (χ2v) is 6.01. The van der Waals surface area contributed by atoms with Crippen molar-refractivity contribution in [1.82, 2.24) is 14.7 Å². The van der Waals surface area contributed by atoms with Crippen molar-refractivity contribution in [1.29, 1.82) is 0 Å². The van der Waals surface area contributed by atoms with Gasteiger partial charge >= 0.3 is 0 Å². The lowest BCUT2D eigenvalue weighted by atomic mass is 10.3. The maximum Gasteiger partial charge on any atom is 0.269 e. The van der Waals surface area contributed by atoms with Gasteiger partial charge in [0.15, 0.2) is 5.82 Å². The molecular formula is C18H20Cl2N4O2. The van der Waals surface area contributed by atoms with Gasteiger partial charge in [-0.1, -0.05) is 17.7 Å². The zero-order chi connectivity index (χ0) is 17.8. The molecular weight excluding hydrogens is 375 g/mol. The summed E-state index contributed by atoms with van der Waals surface area (Å²) in [4.78, 5) is 16.9. The first kappa shape index (κ1) is 20.0. The predicted molar refractivity (Wildman–Crippen MR) is 106 cm³/mol. The van der Waals surface area contributed by atoms with Crippen molar-refractivity contribution in [3.8, 4) is 0 Å². The molecule has 0 unspecified atom stereocenters. The quantitative estimate of drug-likeness (QED) is 0.623. The summed E-state index contributed by atoms with van der Waals surface area (Å²) in [7, 11) is 1.60. The van der Waals surface area contributed by atoms with E-state index in [0.29, 0.717) is 29.7 Å². The fraction of sp³-hybridized carbons (Fsp3) is 0.222. The molecule has 0 fully saturated rings. The van der Waals surface area contributed by atoms with Gasteiger partial charge in [-0.2, -0.15) is 0 Å². The van der Waals surface area contributed by atoms with Gasteiger partial charge in [0.25, 0.3) is 5.91 Å². The van der Waals surface area contributed by atoms with Gasteiger partial charge in [0.05, 0.1) is 18.3 Å². The van der Waals surface area contributed by atoms with Crippen molar-refractivity contribution in [3.63, 3.8) is 0 Å². The molecule has 3 aromatic rings. The van der Waals surface area contributed by atoms with E-state index >= 15 is 0 Å². The number of amides is 1. The fourth-order valence-electron chi connectivity index (χ4n) is 2.61. The van der Waals surface area contributed by atoms with Gasteiger partial charge in [-0.05, 0) is 37.3 Å². The molecule has 3 rings (SSSR count). The maximum atomic E-state index is 12.4. The van der Waals surface area contributed by atoms with Crippen molar-refractivity contribution in [3.05, 3.63) is 59.0 Å². The van der Waals surface area contributed by atoms with E-state index in [0.717, 1.165) is 16.9 Å². The van der Waals surface area contributed by atoms with Crippen LogP contribution in [0, 0.1) is 6.92 Å². The number of rotatable bonds is 6. The summed E-state index contributed by atoms with van der Waals surface area (Å²) in [6.07, 6.45) is 1.56. The van der Waals surface area contributed by atoms with Crippen LogP contribution in [0.4, 0.5) is 11.5 Å². The lowest BCUT2D eigenvalue weighted by molar-refractivity contribution is 0.0930. The number of nitrogens with one attached hydrogen (secondary N) is 2. The van der Waals surface area contributed by atoms with Crippen LogP contribution in [0.5, 0.6) is 0 Å². The Morgan fingerprint density at radius 2 is 2.12 bits per heavy atom. The van der Waals surface area contributed by atoms with E-state index in [-0.39, 0.29) is 18.3 Å². The van der Waals surface area contributed by atoms with Crippen molar-refractivity contribution >= 4 is 46.9 Å². The third-order valence-electron chi connectivity index (χ3n) is 3.79. The van der Waals surface area contributed by atoms with Crippen LogP contribution in [-0.2, 0) is 4.74 Å². The van der Waals surface area contributed by atoms with E-state index in [4.69, 9.17) is 16.3 Å². The topological polar surface area (TPSA) is 67.7 Å². The minimum atomic E-state index is -0.192. The average molecular weight is 395 g/mol. The molecule has 26 heavy (non-hydrogen) atoms. The molecule has 0 radical (unpaired) electrons. The molecule has 138 valence electrons. The van der Waals surface area contributed by atoms with Crippen LogP contribution in [0.15, 0.2) is 42.6 Å². The van der Waals surface area contributed by atoms with Gasteiger partial charge < -0.3 is 19.8 Å².